The highest BCUT2D eigenvalue weighted by atomic mass is 32.1. The number of imidazole rings is 1. The highest BCUT2D eigenvalue weighted by Crippen LogP contribution is 2.18. The van der Waals surface area contributed by atoms with Gasteiger partial charge in [0.2, 0.25) is 5.95 Å². The lowest BCUT2D eigenvalue weighted by Crippen LogP contribution is -2.05. The minimum Gasteiger partial charge on any atom is -0.369 e. The van der Waals surface area contributed by atoms with Gasteiger partial charge in [0.1, 0.15) is 5.52 Å². The number of fused-ring (bicyclic) bond motifs is 1. The number of nitrogens with zero attached hydrogens (tertiary/aromatic N) is 4. The maximum atomic E-state index is 5.91. The molecule has 86 valence electrons. The summed E-state index contributed by atoms with van der Waals surface area (Å²) in [6.07, 6.45) is 1.82. The monoisotopic (exact) mass is 245 g/mol. The molecule has 5 nitrogen and oxygen atoms in total. The van der Waals surface area contributed by atoms with E-state index < -0.39 is 0 Å². The van der Waals surface area contributed by atoms with E-state index in [-0.39, 0.29) is 0 Å². The van der Waals surface area contributed by atoms with Crippen molar-refractivity contribution in [2.45, 2.75) is 13.5 Å². The summed E-state index contributed by atoms with van der Waals surface area (Å²) >= 11 is 1.57. The van der Waals surface area contributed by atoms with E-state index in [0.717, 1.165) is 22.4 Å². The van der Waals surface area contributed by atoms with Crippen LogP contribution >= 0.6 is 11.3 Å². The van der Waals surface area contributed by atoms with Gasteiger partial charge in [-0.25, -0.2) is 15.0 Å². The molecule has 0 fully saturated rings. The number of anilines is 1. The van der Waals surface area contributed by atoms with Crippen molar-refractivity contribution < 1.29 is 0 Å². The van der Waals surface area contributed by atoms with E-state index in [1.807, 2.05) is 34.6 Å². The van der Waals surface area contributed by atoms with Crippen LogP contribution in [0, 0.1) is 6.92 Å². The molecular formula is C11H11N5S. The Hall–Kier alpha value is -1.95. The fraction of sp³-hybridized carbons (Fsp3) is 0.182. The van der Waals surface area contributed by atoms with Gasteiger partial charge in [0, 0.05) is 11.6 Å². The van der Waals surface area contributed by atoms with E-state index in [9.17, 15) is 0 Å². The van der Waals surface area contributed by atoms with Crippen molar-refractivity contribution in [2.75, 3.05) is 5.73 Å². The van der Waals surface area contributed by atoms with Crippen molar-refractivity contribution in [1.82, 2.24) is 19.5 Å². The van der Waals surface area contributed by atoms with Crippen molar-refractivity contribution in [3.05, 3.63) is 34.4 Å². The summed E-state index contributed by atoms with van der Waals surface area (Å²) in [5.74, 6) is 0.478. The molecule has 3 rings (SSSR count). The van der Waals surface area contributed by atoms with Crippen LogP contribution in [0.3, 0.4) is 0 Å². The number of rotatable bonds is 2. The van der Waals surface area contributed by atoms with Crippen LogP contribution in [0.4, 0.5) is 5.95 Å². The molecule has 0 saturated heterocycles. The predicted molar refractivity (Wildman–Crippen MR) is 67.9 cm³/mol. The molecule has 0 radical (unpaired) electrons. The second-order valence-corrected chi connectivity index (χ2v) is 4.61. The Morgan fingerprint density at radius 3 is 3.06 bits per heavy atom. The number of nitrogen functional groups attached to an aromatic ring is 1. The lowest BCUT2D eigenvalue weighted by atomic mass is 10.3. The first-order valence-corrected chi connectivity index (χ1v) is 6.14. The van der Waals surface area contributed by atoms with Crippen molar-refractivity contribution in [1.29, 1.82) is 0 Å². The lowest BCUT2D eigenvalue weighted by Gasteiger charge is -2.02. The van der Waals surface area contributed by atoms with Gasteiger partial charge in [0.15, 0.2) is 5.65 Å². The molecule has 0 atom stereocenters. The standard InChI is InChI=1S/C11H11N5S/c1-7-2-9-10(13-3-7)16(11(12)15-9)4-8-5-17-6-14-8/h2-3,5-6H,4H2,1H3,(H2,12,15). The van der Waals surface area contributed by atoms with Crippen LogP contribution in [-0.4, -0.2) is 19.5 Å². The van der Waals surface area contributed by atoms with Crippen LogP contribution in [0.5, 0.6) is 0 Å². The Bertz CT molecular complexity index is 656. The molecular weight excluding hydrogens is 234 g/mol. The Balaban J connectivity index is 2.12. The molecule has 0 unspecified atom stereocenters. The van der Waals surface area contributed by atoms with Gasteiger partial charge in [-0.1, -0.05) is 0 Å². The highest BCUT2D eigenvalue weighted by Gasteiger charge is 2.10. The molecule has 0 saturated carbocycles. The van der Waals surface area contributed by atoms with Crippen molar-refractivity contribution in [3.8, 4) is 0 Å². The van der Waals surface area contributed by atoms with Gasteiger partial charge in [-0.05, 0) is 18.6 Å². The van der Waals surface area contributed by atoms with Crippen molar-refractivity contribution in [3.63, 3.8) is 0 Å². The first-order chi connectivity index (χ1) is 8.24. The Kier molecular flexibility index (Phi) is 2.29. The molecule has 2 N–H and O–H groups in total. The van der Waals surface area contributed by atoms with E-state index in [1.165, 1.54) is 0 Å². The topological polar surface area (TPSA) is 69.6 Å². The number of hydrogen-bond donors (Lipinski definition) is 1. The molecule has 3 aromatic rings. The van der Waals surface area contributed by atoms with E-state index in [2.05, 4.69) is 15.0 Å². The number of thiazole rings is 1. The summed E-state index contributed by atoms with van der Waals surface area (Å²) in [5.41, 5.74) is 11.4. The zero-order valence-electron chi connectivity index (χ0n) is 9.29. The number of nitrogens with two attached hydrogens (primary N) is 1. The molecule has 0 aliphatic heterocycles. The molecule has 3 heterocycles. The number of hydrogen-bond acceptors (Lipinski definition) is 5. The van der Waals surface area contributed by atoms with Crippen LogP contribution < -0.4 is 5.73 Å². The Morgan fingerprint density at radius 1 is 1.41 bits per heavy atom. The van der Waals surface area contributed by atoms with Crippen LogP contribution in [0.1, 0.15) is 11.3 Å². The number of pyridine rings is 1. The smallest absolute Gasteiger partial charge is 0.202 e. The second kappa shape index (κ2) is 3.81. The summed E-state index contributed by atoms with van der Waals surface area (Å²) in [6, 6.07) is 1.98. The minimum atomic E-state index is 0.478. The van der Waals surface area contributed by atoms with E-state index in [4.69, 9.17) is 5.73 Å². The van der Waals surface area contributed by atoms with Gasteiger partial charge in [0.05, 0.1) is 17.7 Å². The average Bonchev–Trinajstić information content (AvgIpc) is 2.88. The van der Waals surface area contributed by atoms with Crippen LogP contribution in [0.2, 0.25) is 0 Å². The summed E-state index contributed by atoms with van der Waals surface area (Å²) in [4.78, 5) is 12.9. The van der Waals surface area contributed by atoms with Gasteiger partial charge >= 0.3 is 0 Å². The van der Waals surface area contributed by atoms with Gasteiger partial charge in [-0.3, -0.25) is 4.57 Å². The number of aryl methyl sites for hydroxylation is 1. The molecule has 0 bridgehead atoms. The fourth-order valence-corrected chi connectivity index (χ4v) is 2.31. The largest absolute Gasteiger partial charge is 0.369 e. The third kappa shape index (κ3) is 1.76. The SMILES string of the molecule is Cc1cnc2c(c1)nc(N)n2Cc1cscn1. The van der Waals surface area contributed by atoms with Crippen molar-refractivity contribution in [2.24, 2.45) is 0 Å². The third-order valence-electron chi connectivity index (χ3n) is 2.55. The Labute approximate surface area is 102 Å². The van der Waals surface area contributed by atoms with Gasteiger partial charge in [0.25, 0.3) is 0 Å². The van der Waals surface area contributed by atoms with Crippen LogP contribution in [0.15, 0.2) is 23.2 Å². The second-order valence-electron chi connectivity index (χ2n) is 3.89. The maximum absolute atomic E-state index is 5.91. The van der Waals surface area contributed by atoms with E-state index >= 15 is 0 Å². The molecule has 3 aromatic heterocycles. The summed E-state index contributed by atoms with van der Waals surface area (Å²) in [7, 11) is 0. The zero-order valence-corrected chi connectivity index (χ0v) is 10.1. The highest BCUT2D eigenvalue weighted by molar-refractivity contribution is 7.07. The quantitative estimate of drug-likeness (QED) is 0.747. The Morgan fingerprint density at radius 2 is 2.29 bits per heavy atom. The number of aromatic nitrogens is 4. The molecule has 6 heteroatoms. The minimum absolute atomic E-state index is 0.478. The van der Waals surface area contributed by atoms with Crippen LogP contribution in [-0.2, 0) is 6.54 Å². The van der Waals surface area contributed by atoms with Gasteiger partial charge < -0.3 is 5.73 Å². The van der Waals surface area contributed by atoms with Gasteiger partial charge in [-0.15, -0.1) is 11.3 Å². The molecule has 0 aromatic carbocycles. The average molecular weight is 245 g/mol. The van der Waals surface area contributed by atoms with E-state index in [1.54, 1.807) is 11.3 Å². The molecule has 0 amide bonds. The molecule has 17 heavy (non-hydrogen) atoms. The molecule has 0 spiro atoms. The van der Waals surface area contributed by atoms with E-state index in [0.29, 0.717) is 12.5 Å². The molecule has 0 aliphatic rings. The maximum Gasteiger partial charge on any atom is 0.202 e. The first-order valence-electron chi connectivity index (χ1n) is 5.19. The third-order valence-corrected chi connectivity index (χ3v) is 3.19. The normalized spacial score (nSPS) is 11.1. The van der Waals surface area contributed by atoms with Gasteiger partial charge in [-0.2, -0.15) is 0 Å². The lowest BCUT2D eigenvalue weighted by molar-refractivity contribution is 0.807. The van der Waals surface area contributed by atoms with Crippen LogP contribution in [0.25, 0.3) is 11.2 Å². The predicted octanol–water partition coefficient (Wildman–Crippen LogP) is 1.83. The summed E-state index contributed by atoms with van der Waals surface area (Å²) in [6.45, 7) is 2.60. The van der Waals surface area contributed by atoms with Crippen molar-refractivity contribution >= 4 is 28.4 Å². The zero-order chi connectivity index (χ0) is 11.8. The first kappa shape index (κ1) is 10.2. The summed E-state index contributed by atoms with van der Waals surface area (Å²) < 4.78 is 1.88. The molecule has 0 aliphatic carbocycles. The fourth-order valence-electron chi connectivity index (χ4n) is 1.76. The summed E-state index contributed by atoms with van der Waals surface area (Å²) in [5, 5.41) is 2.00.